The topological polar surface area (TPSA) is 50.5 Å². The van der Waals surface area contributed by atoms with E-state index in [0.29, 0.717) is 24.1 Å². The second-order valence-corrected chi connectivity index (χ2v) is 9.36. The second-order valence-electron chi connectivity index (χ2n) is 9.36. The molecule has 0 spiro atoms. The van der Waals surface area contributed by atoms with Gasteiger partial charge in [0, 0.05) is 48.9 Å². The molecule has 2 heterocycles. The van der Waals surface area contributed by atoms with Gasteiger partial charge in [0.05, 0.1) is 18.5 Å². The Kier molecular flexibility index (Phi) is 7.58. The first-order valence-corrected chi connectivity index (χ1v) is 12.0. The van der Waals surface area contributed by atoms with Gasteiger partial charge in [-0.3, -0.25) is 9.78 Å². The number of fused-ring (bicyclic) bond motifs is 1. The molecule has 0 amide bonds. The third kappa shape index (κ3) is 5.51. The minimum Gasteiger partial charge on any atom is -0.338 e. The molecule has 5 nitrogen and oxygen atoms in total. The number of aromatic nitrogens is 2. The highest BCUT2D eigenvalue weighted by Crippen LogP contribution is 2.34. The molecule has 4 aromatic rings. The predicted molar refractivity (Wildman–Crippen MR) is 140 cm³/mol. The van der Waals surface area contributed by atoms with E-state index >= 15 is 0 Å². The van der Waals surface area contributed by atoms with Crippen molar-refractivity contribution in [3.63, 3.8) is 0 Å². The van der Waals surface area contributed by atoms with Crippen molar-refractivity contribution in [2.45, 2.75) is 39.2 Å². The smallest absolute Gasteiger partial charge is 0.165 e. The normalized spacial score (nSPS) is 11.6. The lowest BCUT2D eigenvalue weighted by molar-refractivity contribution is 0.0982. The van der Waals surface area contributed by atoms with E-state index in [0.717, 1.165) is 40.0 Å². The summed E-state index contributed by atoms with van der Waals surface area (Å²) in [6.45, 7) is 4.67. The monoisotopic (exact) mass is 488 g/mol. The minimum atomic E-state index is -0.901. The summed E-state index contributed by atoms with van der Waals surface area (Å²) in [6, 6.07) is 15.6. The van der Waals surface area contributed by atoms with Gasteiger partial charge in [-0.05, 0) is 53.8 Å². The molecule has 4 rings (SSSR count). The molecule has 0 saturated carbocycles. The van der Waals surface area contributed by atoms with Gasteiger partial charge in [-0.1, -0.05) is 38.1 Å². The Bertz CT molecular complexity index is 1410. The number of pyridine rings is 1. The zero-order valence-corrected chi connectivity index (χ0v) is 21.0. The zero-order valence-electron chi connectivity index (χ0n) is 21.0. The SMILES string of the molecule is CC(C)c1c(C(=O)CCc2ccc(F)c(F)c2)c2ccc(/C=N/N(C)C)cc2n1Cc1ccccn1. The Hall–Kier alpha value is -3.87. The minimum absolute atomic E-state index is 0.0251. The molecule has 0 atom stereocenters. The van der Waals surface area contributed by atoms with Crippen LogP contribution < -0.4 is 0 Å². The van der Waals surface area contributed by atoms with Crippen LogP contribution in [-0.2, 0) is 13.0 Å². The van der Waals surface area contributed by atoms with Crippen LogP contribution in [0, 0.1) is 11.6 Å². The molecule has 0 saturated heterocycles. The predicted octanol–water partition coefficient (Wildman–Crippen LogP) is 6.20. The first-order valence-electron chi connectivity index (χ1n) is 12.0. The maximum Gasteiger partial charge on any atom is 0.165 e. The van der Waals surface area contributed by atoms with Crippen LogP contribution >= 0.6 is 0 Å². The maximum absolute atomic E-state index is 13.7. The number of halogens is 2. The number of carbonyl (C=O) groups is 1. The number of hydrazone groups is 1. The number of aryl methyl sites for hydroxylation is 1. The van der Waals surface area contributed by atoms with Crippen LogP contribution in [0.25, 0.3) is 10.9 Å². The summed E-state index contributed by atoms with van der Waals surface area (Å²) in [7, 11) is 3.72. The molecule has 0 aliphatic rings. The van der Waals surface area contributed by atoms with E-state index in [-0.39, 0.29) is 18.1 Å². The molecular weight excluding hydrogens is 458 g/mol. The summed E-state index contributed by atoms with van der Waals surface area (Å²) in [4.78, 5) is 18.1. The van der Waals surface area contributed by atoms with Crippen molar-refractivity contribution in [1.29, 1.82) is 0 Å². The summed E-state index contributed by atoms with van der Waals surface area (Å²) in [5.74, 6) is -1.75. The average Bonchev–Trinajstić information content (AvgIpc) is 3.17. The summed E-state index contributed by atoms with van der Waals surface area (Å²) in [6.07, 6.45) is 4.07. The standard InChI is InChI=1S/C29H30F2N4O/c1-19(2)29-28(27(36)13-10-20-9-12-24(30)25(31)15-20)23-11-8-21(17-33-34(3)4)16-26(23)35(29)18-22-7-5-6-14-32-22/h5-9,11-12,14-17,19H,10,13,18H2,1-4H3/b33-17+. The van der Waals surface area contributed by atoms with Gasteiger partial charge in [-0.2, -0.15) is 5.10 Å². The highest BCUT2D eigenvalue weighted by molar-refractivity contribution is 6.10. The molecule has 0 aliphatic heterocycles. The molecule has 0 bridgehead atoms. The summed E-state index contributed by atoms with van der Waals surface area (Å²) < 4.78 is 29.2. The van der Waals surface area contributed by atoms with E-state index in [9.17, 15) is 13.6 Å². The Morgan fingerprint density at radius 1 is 1.08 bits per heavy atom. The van der Waals surface area contributed by atoms with Crippen LogP contribution in [0.1, 0.15) is 59.1 Å². The Labute approximate surface area is 210 Å². The fourth-order valence-electron chi connectivity index (χ4n) is 4.44. The number of benzene rings is 2. The van der Waals surface area contributed by atoms with Crippen LogP contribution in [0.2, 0.25) is 0 Å². The van der Waals surface area contributed by atoms with Crippen LogP contribution in [0.5, 0.6) is 0 Å². The largest absolute Gasteiger partial charge is 0.338 e. The maximum atomic E-state index is 13.7. The first kappa shape index (κ1) is 25.2. The molecule has 0 N–H and O–H groups in total. The molecule has 2 aromatic carbocycles. The number of Topliss-reactive ketones (excluding diaryl/α,β-unsaturated/α-hetero) is 1. The van der Waals surface area contributed by atoms with Gasteiger partial charge in [-0.25, -0.2) is 8.78 Å². The average molecular weight is 489 g/mol. The fourth-order valence-corrected chi connectivity index (χ4v) is 4.44. The van der Waals surface area contributed by atoms with Crippen molar-refractivity contribution < 1.29 is 13.6 Å². The van der Waals surface area contributed by atoms with Crippen LogP contribution in [0.4, 0.5) is 8.78 Å². The van der Waals surface area contributed by atoms with Crippen molar-refractivity contribution in [1.82, 2.24) is 14.6 Å². The van der Waals surface area contributed by atoms with Gasteiger partial charge in [0.15, 0.2) is 17.4 Å². The molecule has 0 unspecified atom stereocenters. The lowest BCUT2D eigenvalue weighted by Crippen LogP contribution is -2.11. The molecule has 2 aromatic heterocycles. The Morgan fingerprint density at radius 2 is 1.89 bits per heavy atom. The summed E-state index contributed by atoms with van der Waals surface area (Å²) in [5, 5.41) is 6.95. The van der Waals surface area contributed by atoms with Crippen molar-refractivity contribution in [3.8, 4) is 0 Å². The van der Waals surface area contributed by atoms with Crippen molar-refractivity contribution in [3.05, 3.63) is 101 Å². The van der Waals surface area contributed by atoms with E-state index in [1.165, 1.54) is 6.07 Å². The molecule has 7 heteroatoms. The van der Waals surface area contributed by atoms with Gasteiger partial charge in [0.2, 0.25) is 0 Å². The summed E-state index contributed by atoms with van der Waals surface area (Å²) >= 11 is 0. The molecular formula is C29H30F2N4O. The van der Waals surface area contributed by atoms with E-state index < -0.39 is 11.6 Å². The highest BCUT2D eigenvalue weighted by Gasteiger charge is 2.25. The molecule has 0 radical (unpaired) electrons. The molecule has 186 valence electrons. The van der Waals surface area contributed by atoms with Crippen molar-refractivity contribution in [2.75, 3.05) is 14.1 Å². The van der Waals surface area contributed by atoms with E-state index in [1.54, 1.807) is 17.4 Å². The Balaban J connectivity index is 1.80. The zero-order chi connectivity index (χ0) is 25.8. The van der Waals surface area contributed by atoms with Crippen molar-refractivity contribution >= 4 is 22.9 Å². The van der Waals surface area contributed by atoms with Gasteiger partial charge in [-0.15, -0.1) is 0 Å². The lowest BCUT2D eigenvalue weighted by Gasteiger charge is -2.15. The van der Waals surface area contributed by atoms with Gasteiger partial charge in [0.25, 0.3) is 0 Å². The van der Waals surface area contributed by atoms with Gasteiger partial charge in [0.1, 0.15) is 0 Å². The number of carbonyl (C=O) groups excluding carboxylic acids is 1. The first-order chi connectivity index (χ1) is 17.2. The van der Waals surface area contributed by atoms with Gasteiger partial charge < -0.3 is 9.58 Å². The number of ketones is 1. The van der Waals surface area contributed by atoms with E-state index in [1.807, 2.05) is 50.5 Å². The highest BCUT2D eigenvalue weighted by atomic mass is 19.2. The van der Waals surface area contributed by atoms with E-state index in [2.05, 4.69) is 28.5 Å². The molecule has 0 fully saturated rings. The van der Waals surface area contributed by atoms with Crippen LogP contribution in [0.3, 0.4) is 0 Å². The fraction of sp³-hybridized carbons (Fsp3) is 0.276. The lowest BCUT2D eigenvalue weighted by atomic mass is 9.96. The van der Waals surface area contributed by atoms with Crippen LogP contribution in [0.15, 0.2) is 65.9 Å². The third-order valence-corrected chi connectivity index (χ3v) is 6.06. The van der Waals surface area contributed by atoms with Crippen LogP contribution in [-0.4, -0.2) is 40.7 Å². The van der Waals surface area contributed by atoms with E-state index in [4.69, 9.17) is 0 Å². The number of rotatable bonds is 9. The summed E-state index contributed by atoms with van der Waals surface area (Å²) in [5.41, 5.74) is 4.95. The number of hydrogen-bond donors (Lipinski definition) is 0. The Morgan fingerprint density at radius 3 is 2.56 bits per heavy atom. The molecule has 36 heavy (non-hydrogen) atoms. The second kappa shape index (κ2) is 10.8. The number of nitrogens with zero attached hydrogens (tertiary/aromatic N) is 4. The van der Waals surface area contributed by atoms with Crippen molar-refractivity contribution in [2.24, 2.45) is 5.10 Å². The quantitative estimate of drug-likeness (QED) is 0.160. The number of hydrogen-bond acceptors (Lipinski definition) is 4. The third-order valence-electron chi connectivity index (χ3n) is 6.06. The van der Waals surface area contributed by atoms with Gasteiger partial charge >= 0.3 is 0 Å². The molecule has 0 aliphatic carbocycles.